The lowest BCUT2D eigenvalue weighted by atomic mass is 9.89. The van der Waals surface area contributed by atoms with Crippen molar-refractivity contribution in [2.24, 2.45) is 0 Å². The molecule has 0 bridgehead atoms. The average molecular weight is 246 g/mol. The summed E-state index contributed by atoms with van der Waals surface area (Å²) in [6, 6.07) is 10.1. The van der Waals surface area contributed by atoms with Gasteiger partial charge in [-0.05, 0) is 39.9 Å². The van der Waals surface area contributed by atoms with Crippen molar-refractivity contribution in [3.05, 3.63) is 35.9 Å². The molecule has 1 aromatic carbocycles. The maximum Gasteiger partial charge on any atom is 0.232 e. The van der Waals surface area contributed by atoms with Crippen molar-refractivity contribution in [2.75, 3.05) is 20.6 Å². The number of amides is 1. The van der Waals surface area contributed by atoms with Crippen LogP contribution in [0.2, 0.25) is 0 Å². The molecule has 1 saturated carbocycles. The summed E-state index contributed by atoms with van der Waals surface area (Å²) < 4.78 is 0. The van der Waals surface area contributed by atoms with E-state index in [4.69, 9.17) is 0 Å². The molecule has 1 fully saturated rings. The summed E-state index contributed by atoms with van der Waals surface area (Å²) in [5.41, 5.74) is 0.633. The van der Waals surface area contributed by atoms with Crippen LogP contribution in [0.3, 0.4) is 0 Å². The minimum Gasteiger partial charge on any atom is -0.356 e. The summed E-state index contributed by atoms with van der Waals surface area (Å²) in [4.78, 5) is 14.7. The quantitative estimate of drug-likeness (QED) is 0.878. The Labute approximate surface area is 109 Å². The number of hydrogen-bond donors (Lipinski definition) is 1. The van der Waals surface area contributed by atoms with E-state index >= 15 is 0 Å². The van der Waals surface area contributed by atoms with Crippen molar-refractivity contribution < 1.29 is 4.79 Å². The summed E-state index contributed by atoms with van der Waals surface area (Å²) in [5, 5.41) is 2.99. The zero-order valence-corrected chi connectivity index (χ0v) is 11.7. The van der Waals surface area contributed by atoms with E-state index in [1.165, 1.54) is 0 Å². The van der Waals surface area contributed by atoms with Gasteiger partial charge in [-0.15, -0.1) is 0 Å². The van der Waals surface area contributed by atoms with E-state index in [9.17, 15) is 4.79 Å². The lowest BCUT2D eigenvalue weighted by molar-refractivity contribution is -0.124. The smallest absolute Gasteiger partial charge is 0.232 e. The summed E-state index contributed by atoms with van der Waals surface area (Å²) in [5.74, 6) is 0.146. The van der Waals surface area contributed by atoms with Crippen LogP contribution in [0.15, 0.2) is 30.3 Å². The van der Waals surface area contributed by atoms with Gasteiger partial charge in [-0.2, -0.15) is 0 Å². The van der Waals surface area contributed by atoms with Crippen molar-refractivity contribution in [1.82, 2.24) is 10.2 Å². The van der Waals surface area contributed by atoms with Crippen LogP contribution in [0.25, 0.3) is 0 Å². The largest absolute Gasteiger partial charge is 0.356 e. The molecular weight excluding hydrogens is 224 g/mol. The lowest BCUT2D eigenvalue weighted by Crippen LogP contribution is -2.45. The van der Waals surface area contributed by atoms with E-state index in [0.717, 1.165) is 12.0 Å². The van der Waals surface area contributed by atoms with Gasteiger partial charge in [0, 0.05) is 12.1 Å². The van der Waals surface area contributed by atoms with Gasteiger partial charge < -0.3 is 10.2 Å². The third kappa shape index (κ3) is 1.65. The highest BCUT2D eigenvalue weighted by Crippen LogP contribution is 2.60. The molecule has 0 aromatic heterocycles. The fraction of sp³-hybridized carbons (Fsp3) is 0.533. The number of rotatable bonds is 4. The van der Waals surface area contributed by atoms with Crippen LogP contribution in [0.1, 0.15) is 25.8 Å². The zero-order chi connectivity index (χ0) is 13.4. The Balaban J connectivity index is 2.42. The molecule has 0 saturated heterocycles. The number of benzene rings is 1. The van der Waals surface area contributed by atoms with Crippen LogP contribution >= 0.6 is 0 Å². The SMILES string of the molecule is CCNC(=O)C1(c2ccccc2)CC1(C)N(C)C. The normalized spacial score (nSPS) is 30.3. The van der Waals surface area contributed by atoms with Gasteiger partial charge in [-0.1, -0.05) is 30.3 Å². The molecule has 18 heavy (non-hydrogen) atoms. The second kappa shape index (κ2) is 4.39. The molecule has 0 radical (unpaired) electrons. The standard InChI is InChI=1S/C15H22N2O/c1-5-16-13(18)15(11-14(15,2)17(3)4)12-9-7-6-8-10-12/h6-10H,5,11H2,1-4H3,(H,16,18). The van der Waals surface area contributed by atoms with E-state index in [1.807, 2.05) is 39.2 Å². The molecule has 2 unspecified atom stereocenters. The molecule has 1 N–H and O–H groups in total. The number of carbonyl (C=O) groups excluding carboxylic acids is 1. The Kier molecular flexibility index (Phi) is 3.20. The third-order valence-corrected chi connectivity index (χ3v) is 4.38. The molecule has 1 aromatic rings. The Morgan fingerprint density at radius 2 is 1.94 bits per heavy atom. The molecule has 1 aliphatic carbocycles. The summed E-state index contributed by atoms with van der Waals surface area (Å²) in [6.07, 6.45) is 0.878. The Morgan fingerprint density at radius 3 is 2.39 bits per heavy atom. The molecule has 0 spiro atoms. The third-order valence-electron chi connectivity index (χ3n) is 4.38. The van der Waals surface area contributed by atoms with Gasteiger partial charge in [0.1, 0.15) is 0 Å². The summed E-state index contributed by atoms with van der Waals surface area (Å²) in [6.45, 7) is 4.80. The van der Waals surface area contributed by atoms with Crippen molar-refractivity contribution in [2.45, 2.75) is 31.2 Å². The van der Waals surface area contributed by atoms with Gasteiger partial charge in [0.25, 0.3) is 0 Å². The Bertz CT molecular complexity index is 443. The number of nitrogens with zero attached hydrogens (tertiary/aromatic N) is 1. The molecule has 0 heterocycles. The predicted molar refractivity (Wildman–Crippen MR) is 73.5 cm³/mol. The predicted octanol–water partition coefficient (Wildman–Crippen LogP) is 1.78. The molecule has 1 aliphatic rings. The van der Waals surface area contributed by atoms with E-state index in [1.54, 1.807) is 0 Å². The minimum absolute atomic E-state index is 0.0897. The molecule has 1 amide bonds. The first-order valence-electron chi connectivity index (χ1n) is 6.50. The van der Waals surface area contributed by atoms with Crippen LogP contribution in [-0.2, 0) is 10.2 Å². The van der Waals surface area contributed by atoms with Gasteiger partial charge in [0.15, 0.2) is 0 Å². The molecule has 3 heteroatoms. The van der Waals surface area contributed by atoms with E-state index < -0.39 is 5.41 Å². The highest BCUT2D eigenvalue weighted by molar-refractivity contribution is 5.94. The van der Waals surface area contributed by atoms with E-state index in [-0.39, 0.29) is 11.4 Å². The zero-order valence-electron chi connectivity index (χ0n) is 11.7. The van der Waals surface area contributed by atoms with Crippen LogP contribution in [0, 0.1) is 0 Å². The first-order valence-corrected chi connectivity index (χ1v) is 6.50. The van der Waals surface area contributed by atoms with Gasteiger partial charge >= 0.3 is 0 Å². The molecule has 98 valence electrons. The molecular formula is C15H22N2O. The number of likely N-dealkylation sites (N-methyl/N-ethyl adjacent to an activating group) is 2. The average Bonchev–Trinajstić information content (AvgIpc) is 3.01. The lowest BCUT2D eigenvalue weighted by Gasteiger charge is -2.28. The maximum absolute atomic E-state index is 12.5. The molecule has 2 atom stereocenters. The second-order valence-electron chi connectivity index (χ2n) is 5.48. The van der Waals surface area contributed by atoms with Crippen LogP contribution < -0.4 is 5.32 Å². The fourth-order valence-electron chi connectivity index (χ4n) is 2.92. The van der Waals surface area contributed by atoms with Gasteiger partial charge in [0.2, 0.25) is 5.91 Å². The topological polar surface area (TPSA) is 32.3 Å². The van der Waals surface area contributed by atoms with Gasteiger partial charge in [-0.25, -0.2) is 0 Å². The fourth-order valence-corrected chi connectivity index (χ4v) is 2.92. The number of hydrogen-bond acceptors (Lipinski definition) is 2. The van der Waals surface area contributed by atoms with E-state index in [0.29, 0.717) is 6.54 Å². The Morgan fingerprint density at radius 1 is 1.33 bits per heavy atom. The monoisotopic (exact) mass is 246 g/mol. The van der Waals surface area contributed by atoms with Crippen LogP contribution in [-0.4, -0.2) is 37.0 Å². The first-order chi connectivity index (χ1) is 8.49. The first kappa shape index (κ1) is 13.1. The molecule has 2 rings (SSSR count). The van der Waals surface area contributed by atoms with Crippen molar-refractivity contribution >= 4 is 5.91 Å². The van der Waals surface area contributed by atoms with Crippen LogP contribution in [0.4, 0.5) is 0 Å². The van der Waals surface area contributed by atoms with Crippen LogP contribution in [0.5, 0.6) is 0 Å². The van der Waals surface area contributed by atoms with Gasteiger partial charge in [0.05, 0.1) is 5.41 Å². The summed E-state index contributed by atoms with van der Waals surface area (Å²) in [7, 11) is 4.09. The minimum atomic E-state index is -0.395. The number of carbonyl (C=O) groups is 1. The molecule has 3 nitrogen and oxygen atoms in total. The summed E-state index contributed by atoms with van der Waals surface area (Å²) >= 11 is 0. The Hall–Kier alpha value is -1.35. The van der Waals surface area contributed by atoms with Gasteiger partial charge in [-0.3, -0.25) is 4.79 Å². The number of nitrogens with one attached hydrogen (secondary N) is 1. The van der Waals surface area contributed by atoms with Crippen molar-refractivity contribution in [3.8, 4) is 0 Å². The maximum atomic E-state index is 12.5. The van der Waals surface area contributed by atoms with E-state index in [2.05, 4.69) is 29.3 Å². The second-order valence-corrected chi connectivity index (χ2v) is 5.48. The van der Waals surface area contributed by atoms with Crippen molar-refractivity contribution in [3.63, 3.8) is 0 Å². The highest BCUT2D eigenvalue weighted by Gasteiger charge is 2.71. The van der Waals surface area contributed by atoms with Crippen molar-refractivity contribution in [1.29, 1.82) is 0 Å². The highest BCUT2D eigenvalue weighted by atomic mass is 16.2. The molecule has 0 aliphatic heterocycles.